The number of aromatic nitrogens is 2. The first-order chi connectivity index (χ1) is 13.3. The highest BCUT2D eigenvalue weighted by molar-refractivity contribution is 9.10. The third kappa shape index (κ3) is 3.00. The zero-order valence-corrected chi connectivity index (χ0v) is 16.0. The fourth-order valence-corrected chi connectivity index (χ4v) is 3.94. The van der Waals surface area contributed by atoms with Crippen molar-refractivity contribution in [1.82, 2.24) is 9.97 Å². The third-order valence-electron chi connectivity index (χ3n) is 4.76. The molecule has 0 atom stereocenters. The van der Waals surface area contributed by atoms with Crippen molar-refractivity contribution in [3.05, 3.63) is 95.7 Å². The second-order valence-electron chi connectivity index (χ2n) is 6.53. The van der Waals surface area contributed by atoms with Crippen molar-refractivity contribution in [2.45, 2.75) is 0 Å². The van der Waals surface area contributed by atoms with Crippen molar-refractivity contribution < 1.29 is 0 Å². The summed E-state index contributed by atoms with van der Waals surface area (Å²) >= 11 is 3.66. The van der Waals surface area contributed by atoms with Crippen molar-refractivity contribution in [3.8, 4) is 22.3 Å². The summed E-state index contributed by atoms with van der Waals surface area (Å²) in [7, 11) is 0. The quantitative estimate of drug-likeness (QED) is 0.296. The number of hydrogen-bond donors (Lipinski definition) is 0. The van der Waals surface area contributed by atoms with Gasteiger partial charge in [0.1, 0.15) is 0 Å². The van der Waals surface area contributed by atoms with Gasteiger partial charge < -0.3 is 0 Å². The molecule has 2 nitrogen and oxygen atoms in total. The summed E-state index contributed by atoms with van der Waals surface area (Å²) in [6.45, 7) is 0. The van der Waals surface area contributed by atoms with Crippen LogP contribution < -0.4 is 0 Å². The predicted molar refractivity (Wildman–Crippen MR) is 116 cm³/mol. The minimum absolute atomic E-state index is 0.940. The zero-order chi connectivity index (χ0) is 18.2. The van der Waals surface area contributed by atoms with E-state index >= 15 is 0 Å². The maximum atomic E-state index is 4.74. The van der Waals surface area contributed by atoms with Crippen LogP contribution in [0.25, 0.3) is 44.1 Å². The monoisotopic (exact) mass is 410 g/mol. The van der Waals surface area contributed by atoms with Crippen molar-refractivity contribution >= 4 is 37.7 Å². The Morgan fingerprint density at radius 2 is 1.30 bits per heavy atom. The normalized spacial score (nSPS) is 11.1. The largest absolute Gasteiger partial charge is 0.254 e. The van der Waals surface area contributed by atoms with Crippen molar-refractivity contribution in [1.29, 1.82) is 0 Å². The lowest BCUT2D eigenvalue weighted by molar-refractivity contribution is 1.37. The second-order valence-corrected chi connectivity index (χ2v) is 7.45. The van der Waals surface area contributed by atoms with E-state index in [9.17, 15) is 0 Å². The summed E-state index contributed by atoms with van der Waals surface area (Å²) < 4.78 is 1.05. The average molecular weight is 411 g/mol. The minimum atomic E-state index is 0.940. The summed E-state index contributed by atoms with van der Waals surface area (Å²) in [6.07, 6.45) is 3.75. The Morgan fingerprint density at radius 3 is 2.15 bits per heavy atom. The molecule has 2 heterocycles. The number of benzene rings is 3. The van der Waals surface area contributed by atoms with Gasteiger partial charge in [0.15, 0.2) is 0 Å². The van der Waals surface area contributed by atoms with Crippen LogP contribution in [0.3, 0.4) is 0 Å². The molecule has 128 valence electrons. The van der Waals surface area contributed by atoms with Gasteiger partial charge in [-0.2, -0.15) is 0 Å². The molecule has 0 spiro atoms. The fraction of sp³-hybridized carbons (Fsp3) is 0. The van der Waals surface area contributed by atoms with E-state index in [0.29, 0.717) is 0 Å². The van der Waals surface area contributed by atoms with Crippen LogP contribution >= 0.6 is 15.9 Å². The minimum Gasteiger partial charge on any atom is -0.254 e. The number of hydrogen-bond acceptors (Lipinski definition) is 2. The van der Waals surface area contributed by atoms with Crippen LogP contribution in [0.5, 0.6) is 0 Å². The second kappa shape index (κ2) is 6.60. The van der Waals surface area contributed by atoms with Crippen molar-refractivity contribution in [3.63, 3.8) is 0 Å². The van der Waals surface area contributed by atoms with Gasteiger partial charge in [-0.15, -0.1) is 0 Å². The van der Waals surface area contributed by atoms with E-state index in [1.54, 1.807) is 0 Å². The highest BCUT2D eigenvalue weighted by Gasteiger charge is 2.08. The molecular weight excluding hydrogens is 396 g/mol. The maximum Gasteiger partial charge on any atom is 0.0964 e. The lowest BCUT2D eigenvalue weighted by atomic mass is 9.99. The van der Waals surface area contributed by atoms with Gasteiger partial charge in [0, 0.05) is 33.2 Å². The van der Waals surface area contributed by atoms with Crippen LogP contribution in [0.4, 0.5) is 0 Å². The number of rotatable bonds is 2. The summed E-state index contributed by atoms with van der Waals surface area (Å²) in [4.78, 5) is 9.25. The van der Waals surface area contributed by atoms with E-state index in [-0.39, 0.29) is 0 Å². The molecule has 0 aliphatic heterocycles. The topological polar surface area (TPSA) is 25.8 Å². The molecule has 3 heteroatoms. The molecule has 2 aromatic heterocycles. The zero-order valence-electron chi connectivity index (χ0n) is 14.4. The summed E-state index contributed by atoms with van der Waals surface area (Å²) in [6, 6.07) is 27.3. The lowest BCUT2D eigenvalue weighted by Crippen LogP contribution is -1.88. The van der Waals surface area contributed by atoms with E-state index in [2.05, 4.69) is 87.6 Å². The summed E-state index contributed by atoms with van der Waals surface area (Å²) in [5, 5.41) is 2.21. The van der Waals surface area contributed by atoms with Gasteiger partial charge in [-0.05, 0) is 47.0 Å². The number of pyridine rings is 2. The van der Waals surface area contributed by atoms with Gasteiger partial charge in [0.05, 0.1) is 11.0 Å². The van der Waals surface area contributed by atoms with Gasteiger partial charge in [-0.3, -0.25) is 9.97 Å². The Hall–Kier alpha value is -3.04. The molecule has 0 saturated carbocycles. The molecule has 27 heavy (non-hydrogen) atoms. The van der Waals surface area contributed by atoms with Crippen molar-refractivity contribution in [2.75, 3.05) is 0 Å². The van der Waals surface area contributed by atoms with Crippen LogP contribution in [0.2, 0.25) is 0 Å². The van der Waals surface area contributed by atoms with Crippen molar-refractivity contribution in [2.24, 2.45) is 0 Å². The van der Waals surface area contributed by atoms with E-state index < -0.39 is 0 Å². The smallest absolute Gasteiger partial charge is 0.0964 e. The Kier molecular flexibility index (Phi) is 3.95. The maximum absolute atomic E-state index is 4.74. The Bertz CT molecular complexity index is 1280. The molecule has 5 rings (SSSR count). The predicted octanol–water partition coefficient (Wildman–Crippen LogP) is 6.88. The van der Waals surface area contributed by atoms with Gasteiger partial charge in [0.2, 0.25) is 0 Å². The lowest BCUT2D eigenvalue weighted by Gasteiger charge is -2.09. The first-order valence-electron chi connectivity index (χ1n) is 8.78. The first-order valence-corrected chi connectivity index (χ1v) is 9.57. The fourth-order valence-electron chi connectivity index (χ4n) is 3.45. The van der Waals surface area contributed by atoms with E-state index in [1.807, 2.05) is 24.5 Å². The highest BCUT2D eigenvalue weighted by atomic mass is 79.9. The molecule has 0 saturated heterocycles. The Labute approximate surface area is 165 Å². The van der Waals surface area contributed by atoms with Gasteiger partial charge >= 0.3 is 0 Å². The Balaban J connectivity index is 1.67. The molecule has 0 unspecified atom stereocenters. The van der Waals surface area contributed by atoms with Crippen LogP contribution in [0.15, 0.2) is 95.7 Å². The Morgan fingerprint density at radius 1 is 0.556 bits per heavy atom. The number of halogens is 1. The summed E-state index contributed by atoms with van der Waals surface area (Å²) in [5.74, 6) is 0. The van der Waals surface area contributed by atoms with Gasteiger partial charge in [-0.1, -0.05) is 64.5 Å². The van der Waals surface area contributed by atoms with E-state index in [0.717, 1.165) is 37.4 Å². The first kappa shape index (κ1) is 16.2. The highest BCUT2D eigenvalue weighted by Crippen LogP contribution is 2.32. The molecule has 5 aromatic rings. The molecule has 0 bridgehead atoms. The SMILES string of the molecule is Brc1cc(-c2ccccc2)cc(-c2cnc3c(ccc4cccnc43)c2)c1. The van der Waals surface area contributed by atoms with Gasteiger partial charge in [-0.25, -0.2) is 0 Å². The molecule has 0 aliphatic rings. The molecular formula is C24H15BrN2. The third-order valence-corrected chi connectivity index (χ3v) is 5.22. The van der Waals surface area contributed by atoms with Crippen LogP contribution in [-0.4, -0.2) is 9.97 Å². The standard InChI is InChI=1S/C24H15BrN2/c25-22-13-19(16-5-2-1-3-6-16)12-20(14-22)21-11-18-9-8-17-7-4-10-26-23(17)24(18)27-15-21/h1-15H. The van der Waals surface area contributed by atoms with Crippen LogP contribution in [0, 0.1) is 0 Å². The molecule has 0 amide bonds. The molecule has 0 aliphatic carbocycles. The molecule has 0 N–H and O–H groups in total. The average Bonchev–Trinajstić information content (AvgIpc) is 2.73. The number of fused-ring (bicyclic) bond motifs is 3. The molecule has 0 radical (unpaired) electrons. The molecule has 3 aromatic carbocycles. The van der Waals surface area contributed by atoms with E-state index in [1.165, 1.54) is 11.1 Å². The van der Waals surface area contributed by atoms with E-state index in [4.69, 9.17) is 4.98 Å². The van der Waals surface area contributed by atoms with Gasteiger partial charge in [0.25, 0.3) is 0 Å². The van der Waals surface area contributed by atoms with Crippen LogP contribution in [0.1, 0.15) is 0 Å². The molecule has 0 fully saturated rings. The number of nitrogens with zero attached hydrogens (tertiary/aromatic N) is 2. The summed E-state index contributed by atoms with van der Waals surface area (Å²) in [5.41, 5.74) is 6.50. The van der Waals surface area contributed by atoms with Crippen LogP contribution in [-0.2, 0) is 0 Å².